The molecule has 0 heterocycles. The number of hydrogen-bond donors (Lipinski definition) is 2. The number of hydrogen-bond acceptors (Lipinski definition) is 2. The van der Waals surface area contributed by atoms with E-state index in [0.29, 0.717) is 23.9 Å². The lowest BCUT2D eigenvalue weighted by Gasteiger charge is -2.31. The summed E-state index contributed by atoms with van der Waals surface area (Å²) in [5, 5.41) is 3.20. The van der Waals surface area contributed by atoms with E-state index in [9.17, 15) is 4.79 Å². The SMILES string of the molecule is CCC(CC)(C(=O)NC1CCCC(C)CC1)C(N)=S. The van der Waals surface area contributed by atoms with Crippen LogP contribution in [0.1, 0.15) is 65.7 Å². The molecule has 1 amide bonds. The molecule has 0 aliphatic heterocycles. The number of carbonyl (C=O) groups is 1. The first-order valence-corrected chi connectivity index (χ1v) is 7.98. The summed E-state index contributed by atoms with van der Waals surface area (Å²) in [5.41, 5.74) is 5.16. The molecule has 3 nitrogen and oxygen atoms in total. The van der Waals surface area contributed by atoms with Crippen LogP contribution in [0.25, 0.3) is 0 Å². The highest BCUT2D eigenvalue weighted by Gasteiger charge is 2.38. The summed E-state index contributed by atoms with van der Waals surface area (Å²) in [6.45, 7) is 6.26. The molecule has 4 heteroatoms. The number of amides is 1. The van der Waals surface area contributed by atoms with Crippen molar-refractivity contribution in [3.63, 3.8) is 0 Å². The van der Waals surface area contributed by atoms with Gasteiger partial charge in [0.25, 0.3) is 0 Å². The molecule has 0 spiro atoms. The fraction of sp³-hybridized carbons (Fsp3) is 0.867. The standard InChI is InChI=1S/C15H28N2OS/c1-4-15(5-2,13(16)19)14(18)17-12-8-6-7-11(3)9-10-12/h11-12H,4-10H2,1-3H3,(H2,16,19)(H,17,18). The van der Waals surface area contributed by atoms with Gasteiger partial charge in [-0.25, -0.2) is 0 Å². The monoisotopic (exact) mass is 284 g/mol. The molecular weight excluding hydrogens is 256 g/mol. The van der Waals surface area contributed by atoms with Crippen LogP contribution in [-0.4, -0.2) is 16.9 Å². The van der Waals surface area contributed by atoms with Crippen LogP contribution in [0.3, 0.4) is 0 Å². The molecule has 1 rings (SSSR count). The number of nitrogens with one attached hydrogen (secondary N) is 1. The van der Waals surface area contributed by atoms with Crippen molar-refractivity contribution in [1.82, 2.24) is 5.32 Å². The summed E-state index contributed by atoms with van der Waals surface area (Å²) in [6.07, 6.45) is 7.17. The molecular formula is C15H28N2OS. The smallest absolute Gasteiger partial charge is 0.233 e. The Balaban J connectivity index is 2.69. The topological polar surface area (TPSA) is 55.1 Å². The van der Waals surface area contributed by atoms with E-state index >= 15 is 0 Å². The summed E-state index contributed by atoms with van der Waals surface area (Å²) in [6, 6.07) is 0.296. The molecule has 19 heavy (non-hydrogen) atoms. The first-order valence-electron chi connectivity index (χ1n) is 7.57. The van der Waals surface area contributed by atoms with Gasteiger partial charge in [-0.15, -0.1) is 0 Å². The van der Waals surface area contributed by atoms with Crippen molar-refractivity contribution in [2.24, 2.45) is 17.1 Å². The molecule has 1 fully saturated rings. The quantitative estimate of drug-likeness (QED) is 0.602. The first-order chi connectivity index (χ1) is 8.96. The maximum absolute atomic E-state index is 12.6. The highest BCUT2D eigenvalue weighted by atomic mass is 32.1. The molecule has 110 valence electrons. The van der Waals surface area contributed by atoms with Crippen molar-refractivity contribution < 1.29 is 4.79 Å². The molecule has 1 saturated carbocycles. The lowest BCUT2D eigenvalue weighted by Crippen LogP contribution is -2.51. The van der Waals surface area contributed by atoms with E-state index < -0.39 is 5.41 Å². The Bertz CT molecular complexity index is 326. The van der Waals surface area contributed by atoms with Crippen LogP contribution in [-0.2, 0) is 4.79 Å². The average Bonchev–Trinajstić information content (AvgIpc) is 2.56. The summed E-state index contributed by atoms with van der Waals surface area (Å²) in [7, 11) is 0. The van der Waals surface area contributed by atoms with Gasteiger partial charge in [-0.2, -0.15) is 0 Å². The van der Waals surface area contributed by atoms with Gasteiger partial charge in [0, 0.05) is 6.04 Å². The van der Waals surface area contributed by atoms with Gasteiger partial charge in [-0.1, -0.05) is 45.8 Å². The van der Waals surface area contributed by atoms with Crippen molar-refractivity contribution in [1.29, 1.82) is 0 Å². The maximum Gasteiger partial charge on any atom is 0.233 e. The van der Waals surface area contributed by atoms with Crippen molar-refractivity contribution in [3.8, 4) is 0 Å². The highest BCUT2D eigenvalue weighted by Crippen LogP contribution is 2.29. The lowest BCUT2D eigenvalue weighted by molar-refractivity contribution is -0.128. The molecule has 3 N–H and O–H groups in total. The average molecular weight is 284 g/mol. The molecule has 2 unspecified atom stereocenters. The second kappa shape index (κ2) is 7.22. The van der Waals surface area contributed by atoms with E-state index in [1.165, 1.54) is 19.3 Å². The predicted octanol–water partition coefficient (Wildman–Crippen LogP) is 3.16. The Morgan fingerprint density at radius 2 is 1.89 bits per heavy atom. The minimum absolute atomic E-state index is 0.0320. The van der Waals surface area contributed by atoms with E-state index in [2.05, 4.69) is 12.2 Å². The second-order valence-electron chi connectivity index (χ2n) is 5.94. The van der Waals surface area contributed by atoms with Crippen molar-refractivity contribution >= 4 is 23.1 Å². The van der Waals surface area contributed by atoms with Gasteiger partial charge in [0.1, 0.15) is 0 Å². The molecule has 0 aromatic rings. The van der Waals surface area contributed by atoms with Crippen LogP contribution in [0, 0.1) is 11.3 Å². The molecule has 1 aliphatic rings. The van der Waals surface area contributed by atoms with Gasteiger partial charge >= 0.3 is 0 Å². The van der Waals surface area contributed by atoms with Crippen molar-refractivity contribution in [2.75, 3.05) is 0 Å². The Kier molecular flexibility index (Phi) is 6.24. The Labute approximate surface area is 122 Å². The predicted molar refractivity (Wildman–Crippen MR) is 84.0 cm³/mol. The summed E-state index contributed by atoms with van der Waals surface area (Å²) in [4.78, 5) is 12.9. The Morgan fingerprint density at radius 1 is 1.26 bits per heavy atom. The molecule has 0 radical (unpaired) electrons. The van der Waals surface area contributed by atoms with Crippen LogP contribution >= 0.6 is 12.2 Å². The van der Waals surface area contributed by atoms with Gasteiger partial charge in [0.15, 0.2) is 0 Å². The summed E-state index contributed by atoms with van der Waals surface area (Å²) >= 11 is 5.13. The third-order valence-electron chi connectivity index (χ3n) is 4.71. The molecule has 0 aromatic heterocycles. The van der Waals surface area contributed by atoms with E-state index in [1.807, 2.05) is 13.8 Å². The first kappa shape index (κ1) is 16.4. The fourth-order valence-corrected chi connectivity index (χ4v) is 3.37. The zero-order valence-corrected chi connectivity index (χ0v) is 13.3. The van der Waals surface area contributed by atoms with Crippen molar-refractivity contribution in [2.45, 2.75) is 71.8 Å². The zero-order chi connectivity index (χ0) is 14.5. The van der Waals surface area contributed by atoms with Crippen LogP contribution in [0.2, 0.25) is 0 Å². The minimum atomic E-state index is -0.659. The summed E-state index contributed by atoms with van der Waals surface area (Å²) < 4.78 is 0. The number of nitrogens with two attached hydrogens (primary N) is 1. The van der Waals surface area contributed by atoms with Crippen LogP contribution < -0.4 is 11.1 Å². The van der Waals surface area contributed by atoms with Crippen LogP contribution in [0.15, 0.2) is 0 Å². The molecule has 0 saturated heterocycles. The third-order valence-corrected chi connectivity index (χ3v) is 5.10. The number of rotatable bonds is 5. The molecule has 0 bridgehead atoms. The van der Waals surface area contributed by atoms with E-state index in [4.69, 9.17) is 18.0 Å². The molecule has 2 atom stereocenters. The molecule has 1 aliphatic carbocycles. The fourth-order valence-electron chi connectivity index (χ4n) is 2.99. The Morgan fingerprint density at radius 3 is 2.42 bits per heavy atom. The normalized spacial score (nSPS) is 24.6. The van der Waals surface area contributed by atoms with Gasteiger partial charge in [0.05, 0.1) is 10.4 Å². The van der Waals surface area contributed by atoms with E-state index in [-0.39, 0.29) is 5.91 Å². The number of carbonyl (C=O) groups excluding carboxylic acids is 1. The van der Waals surface area contributed by atoms with Gasteiger partial charge in [-0.3, -0.25) is 4.79 Å². The van der Waals surface area contributed by atoms with Crippen LogP contribution in [0.4, 0.5) is 0 Å². The second-order valence-corrected chi connectivity index (χ2v) is 6.38. The van der Waals surface area contributed by atoms with Crippen molar-refractivity contribution in [3.05, 3.63) is 0 Å². The summed E-state index contributed by atoms with van der Waals surface area (Å²) in [5.74, 6) is 0.809. The van der Waals surface area contributed by atoms with Gasteiger partial charge < -0.3 is 11.1 Å². The maximum atomic E-state index is 12.6. The van der Waals surface area contributed by atoms with Gasteiger partial charge in [-0.05, 0) is 38.0 Å². The third kappa shape index (κ3) is 3.91. The van der Waals surface area contributed by atoms with Crippen LogP contribution in [0.5, 0.6) is 0 Å². The van der Waals surface area contributed by atoms with Gasteiger partial charge in [0.2, 0.25) is 5.91 Å². The molecule has 0 aromatic carbocycles. The number of thiocarbonyl (C=S) groups is 1. The Hall–Kier alpha value is -0.640. The highest BCUT2D eigenvalue weighted by molar-refractivity contribution is 7.80. The largest absolute Gasteiger partial charge is 0.392 e. The zero-order valence-electron chi connectivity index (χ0n) is 12.5. The van der Waals surface area contributed by atoms with E-state index in [1.54, 1.807) is 0 Å². The minimum Gasteiger partial charge on any atom is -0.392 e. The lowest BCUT2D eigenvalue weighted by atomic mass is 9.81. The van der Waals surface area contributed by atoms with E-state index in [0.717, 1.165) is 18.8 Å².